The van der Waals surface area contributed by atoms with Gasteiger partial charge in [0.1, 0.15) is 0 Å². The van der Waals surface area contributed by atoms with E-state index in [1.54, 1.807) is 0 Å². The zero-order chi connectivity index (χ0) is 21.7. The number of unbranched alkanes of at least 4 members (excludes halogenated alkanes) is 13. The average molecular weight is 422 g/mol. The lowest BCUT2D eigenvalue weighted by Crippen LogP contribution is -1.98. The molecule has 0 aliphatic carbocycles. The fourth-order valence-electron chi connectivity index (χ4n) is 4.90. The minimum absolute atomic E-state index is 0.106. The summed E-state index contributed by atoms with van der Waals surface area (Å²) in [6.07, 6.45) is 19.6. The molecule has 2 nitrogen and oxygen atoms in total. The third-order valence-corrected chi connectivity index (χ3v) is 6.75. The Morgan fingerprint density at radius 1 is 0.613 bits per heavy atom. The third kappa shape index (κ3) is 7.10. The lowest BCUT2D eigenvalue weighted by molar-refractivity contribution is 0.282. The topological polar surface area (TPSA) is 25.2 Å². The van der Waals surface area contributed by atoms with Gasteiger partial charge in [0.25, 0.3) is 0 Å². The molecule has 0 bridgehead atoms. The van der Waals surface area contributed by atoms with Crippen molar-refractivity contribution in [3.05, 3.63) is 48.0 Å². The highest BCUT2D eigenvalue weighted by atomic mass is 16.3. The van der Waals surface area contributed by atoms with Crippen LogP contribution in [0.15, 0.2) is 42.5 Å². The maximum atomic E-state index is 9.51. The van der Waals surface area contributed by atoms with Crippen LogP contribution in [-0.4, -0.2) is 9.67 Å². The minimum Gasteiger partial charge on any atom is -0.392 e. The van der Waals surface area contributed by atoms with Gasteiger partial charge in [-0.15, -0.1) is 0 Å². The van der Waals surface area contributed by atoms with Crippen LogP contribution in [0.4, 0.5) is 0 Å². The number of benzene rings is 2. The maximum absolute atomic E-state index is 9.51. The van der Waals surface area contributed by atoms with E-state index in [1.807, 2.05) is 0 Å². The lowest BCUT2D eigenvalue weighted by atomic mass is 10.0. The molecule has 2 aromatic carbocycles. The molecule has 3 rings (SSSR count). The molecule has 2 heteroatoms. The van der Waals surface area contributed by atoms with Crippen LogP contribution in [0.3, 0.4) is 0 Å². The molecule has 1 N–H and O–H groups in total. The second kappa shape index (κ2) is 13.6. The van der Waals surface area contributed by atoms with Gasteiger partial charge in [0.05, 0.1) is 6.61 Å². The highest BCUT2D eigenvalue weighted by Gasteiger charge is 2.10. The molecule has 0 amide bonds. The molecule has 0 fully saturated rings. The summed E-state index contributed by atoms with van der Waals surface area (Å²) in [6, 6.07) is 15.1. The van der Waals surface area contributed by atoms with Crippen molar-refractivity contribution in [1.29, 1.82) is 0 Å². The Bertz CT molecular complexity index is 894. The van der Waals surface area contributed by atoms with E-state index in [0.29, 0.717) is 0 Å². The molecule has 0 unspecified atom stereocenters. The first-order valence-corrected chi connectivity index (χ1v) is 13.0. The van der Waals surface area contributed by atoms with Crippen LogP contribution in [0.2, 0.25) is 0 Å². The maximum Gasteiger partial charge on any atom is 0.0682 e. The van der Waals surface area contributed by atoms with Gasteiger partial charge in [-0.2, -0.15) is 0 Å². The Labute approximate surface area is 189 Å². The van der Waals surface area contributed by atoms with Gasteiger partial charge in [-0.1, -0.05) is 115 Å². The van der Waals surface area contributed by atoms with Gasteiger partial charge < -0.3 is 9.67 Å². The van der Waals surface area contributed by atoms with Gasteiger partial charge in [-0.25, -0.2) is 0 Å². The largest absolute Gasteiger partial charge is 0.392 e. The van der Waals surface area contributed by atoms with Gasteiger partial charge in [0.15, 0.2) is 0 Å². The zero-order valence-electron chi connectivity index (χ0n) is 19.7. The number of hydrogen-bond donors (Lipinski definition) is 1. The van der Waals surface area contributed by atoms with Crippen LogP contribution in [0.1, 0.15) is 102 Å². The van der Waals surface area contributed by atoms with Crippen LogP contribution in [0.25, 0.3) is 21.8 Å². The van der Waals surface area contributed by atoms with E-state index in [0.717, 1.165) is 12.1 Å². The smallest absolute Gasteiger partial charge is 0.0682 e. The highest BCUT2D eigenvalue weighted by molar-refractivity contribution is 6.08. The Morgan fingerprint density at radius 2 is 1.16 bits per heavy atom. The van der Waals surface area contributed by atoms with Crippen molar-refractivity contribution < 1.29 is 5.11 Å². The van der Waals surface area contributed by atoms with Crippen LogP contribution < -0.4 is 0 Å². The summed E-state index contributed by atoms with van der Waals surface area (Å²) >= 11 is 0. The molecule has 170 valence electrons. The number of hydrogen-bond acceptors (Lipinski definition) is 1. The monoisotopic (exact) mass is 421 g/mol. The van der Waals surface area contributed by atoms with Gasteiger partial charge in [-0.05, 0) is 30.2 Å². The number of aliphatic hydroxyl groups is 1. The highest BCUT2D eigenvalue weighted by Crippen LogP contribution is 2.30. The first kappa shape index (κ1) is 23.9. The molecule has 0 aliphatic rings. The fraction of sp³-hybridized carbons (Fsp3) is 0.586. The molecule has 0 radical (unpaired) electrons. The van der Waals surface area contributed by atoms with Crippen LogP contribution >= 0.6 is 0 Å². The van der Waals surface area contributed by atoms with E-state index in [4.69, 9.17) is 0 Å². The summed E-state index contributed by atoms with van der Waals surface area (Å²) in [4.78, 5) is 0. The summed E-state index contributed by atoms with van der Waals surface area (Å²) in [7, 11) is 0. The zero-order valence-corrected chi connectivity index (χ0v) is 19.7. The van der Waals surface area contributed by atoms with E-state index in [9.17, 15) is 5.11 Å². The average Bonchev–Trinajstić information content (AvgIpc) is 3.12. The molecular weight excluding hydrogens is 378 g/mol. The van der Waals surface area contributed by atoms with Crippen molar-refractivity contribution in [2.45, 2.75) is 110 Å². The summed E-state index contributed by atoms with van der Waals surface area (Å²) in [5.74, 6) is 0. The molecule has 31 heavy (non-hydrogen) atoms. The number of aliphatic hydroxyl groups excluding tert-OH is 1. The quantitative estimate of drug-likeness (QED) is 0.230. The van der Waals surface area contributed by atoms with Crippen molar-refractivity contribution in [2.75, 3.05) is 0 Å². The summed E-state index contributed by atoms with van der Waals surface area (Å²) in [6.45, 7) is 3.48. The Balaban J connectivity index is 1.34. The van der Waals surface area contributed by atoms with Crippen molar-refractivity contribution in [3.8, 4) is 0 Å². The van der Waals surface area contributed by atoms with Gasteiger partial charge >= 0.3 is 0 Å². The second-order valence-electron chi connectivity index (χ2n) is 9.27. The SMILES string of the molecule is CCCCCCCCCCCCCCCCn1c2ccccc2c2cc(CO)ccc21. The van der Waals surface area contributed by atoms with Crippen molar-refractivity contribution in [1.82, 2.24) is 4.57 Å². The van der Waals surface area contributed by atoms with Crippen molar-refractivity contribution >= 4 is 21.8 Å². The van der Waals surface area contributed by atoms with Gasteiger partial charge in [0.2, 0.25) is 0 Å². The number of aryl methyl sites for hydroxylation is 1. The Morgan fingerprint density at radius 3 is 1.77 bits per heavy atom. The molecule has 1 heterocycles. The Kier molecular flexibility index (Phi) is 10.4. The molecule has 0 saturated heterocycles. The molecule has 3 aromatic rings. The standard InChI is InChI=1S/C29H43NO/c1-2-3-4-5-6-7-8-9-10-11-12-13-14-17-22-30-28-19-16-15-18-26(28)27-23-25(24-31)20-21-29(27)30/h15-16,18-21,23,31H,2-14,17,22,24H2,1H3. The molecule has 0 spiro atoms. The van der Waals surface area contributed by atoms with Gasteiger partial charge in [0, 0.05) is 28.4 Å². The van der Waals surface area contributed by atoms with E-state index in [2.05, 4.69) is 54.0 Å². The van der Waals surface area contributed by atoms with Crippen molar-refractivity contribution in [3.63, 3.8) is 0 Å². The first-order valence-electron chi connectivity index (χ1n) is 13.0. The van der Waals surface area contributed by atoms with Gasteiger partial charge in [-0.3, -0.25) is 0 Å². The number of aromatic nitrogens is 1. The first-order chi connectivity index (χ1) is 15.3. The Hall–Kier alpha value is -1.80. The predicted molar refractivity (Wildman–Crippen MR) is 136 cm³/mol. The number of para-hydroxylation sites is 1. The third-order valence-electron chi connectivity index (χ3n) is 6.75. The summed E-state index contributed by atoms with van der Waals surface area (Å²) < 4.78 is 2.48. The molecule has 0 aliphatic heterocycles. The predicted octanol–water partition coefficient (Wildman–Crippen LogP) is 8.77. The lowest BCUT2D eigenvalue weighted by Gasteiger charge is -2.08. The minimum atomic E-state index is 0.106. The molecular formula is C29H43NO. The fourth-order valence-corrected chi connectivity index (χ4v) is 4.90. The molecule has 1 aromatic heterocycles. The van der Waals surface area contributed by atoms with E-state index in [-0.39, 0.29) is 6.61 Å². The summed E-state index contributed by atoms with van der Waals surface area (Å²) in [5.41, 5.74) is 3.61. The summed E-state index contributed by atoms with van der Waals surface area (Å²) in [5, 5.41) is 12.1. The van der Waals surface area contributed by atoms with E-state index in [1.165, 1.54) is 112 Å². The number of rotatable bonds is 16. The van der Waals surface area contributed by atoms with Crippen LogP contribution in [0.5, 0.6) is 0 Å². The van der Waals surface area contributed by atoms with E-state index >= 15 is 0 Å². The number of nitrogens with zero attached hydrogens (tertiary/aromatic N) is 1. The molecule has 0 saturated carbocycles. The normalized spacial score (nSPS) is 11.7. The van der Waals surface area contributed by atoms with Crippen molar-refractivity contribution in [2.24, 2.45) is 0 Å². The molecule has 0 atom stereocenters. The second-order valence-corrected chi connectivity index (χ2v) is 9.27. The number of fused-ring (bicyclic) bond motifs is 3. The van der Waals surface area contributed by atoms with Crippen LogP contribution in [-0.2, 0) is 13.2 Å². The van der Waals surface area contributed by atoms with Crippen LogP contribution in [0, 0.1) is 0 Å². The van der Waals surface area contributed by atoms with E-state index < -0.39 is 0 Å².